The van der Waals surface area contributed by atoms with Crippen molar-refractivity contribution >= 4 is 0 Å². The van der Waals surface area contributed by atoms with Crippen LogP contribution in [0.2, 0.25) is 0 Å². The third-order valence-electron chi connectivity index (χ3n) is 1.73. The van der Waals surface area contributed by atoms with E-state index in [9.17, 15) is 0 Å². The molecule has 1 radical (unpaired) electrons. The molecule has 0 spiro atoms. The molecule has 0 amide bonds. The standard InChI is InChI=1S/C11H9N.Y/c1-2-6-10(7-3-1)11-8-4-5-9-12-11;/h1-9H;. The van der Waals surface area contributed by atoms with Crippen LogP contribution in [0, 0.1) is 0 Å². The first kappa shape index (κ1) is 10.6. The molecule has 0 aliphatic carbocycles. The molecule has 1 aromatic carbocycles. The fraction of sp³-hybridized carbons (Fsp3) is 0. The van der Waals surface area contributed by atoms with Crippen LogP contribution in [0.3, 0.4) is 0 Å². The van der Waals surface area contributed by atoms with Gasteiger partial charge < -0.3 is 0 Å². The number of aromatic nitrogens is 1. The van der Waals surface area contributed by atoms with Gasteiger partial charge in [-0.15, -0.1) is 0 Å². The van der Waals surface area contributed by atoms with Gasteiger partial charge in [0.25, 0.3) is 0 Å². The van der Waals surface area contributed by atoms with E-state index in [1.807, 2.05) is 42.6 Å². The van der Waals surface area contributed by atoms with E-state index in [1.54, 1.807) is 0 Å². The molecule has 2 heteroatoms. The fourth-order valence-electron chi connectivity index (χ4n) is 1.14. The Bertz CT molecular complexity index is 307. The zero-order chi connectivity index (χ0) is 8.23. The zero-order valence-corrected chi connectivity index (χ0v) is 10.1. The molecular weight excluding hydrogens is 235 g/mol. The summed E-state index contributed by atoms with van der Waals surface area (Å²) in [4.78, 5) is 4.25. The number of nitrogens with zero attached hydrogens (tertiary/aromatic N) is 1. The number of pyridine rings is 1. The van der Waals surface area contributed by atoms with Gasteiger partial charge in [-0.05, 0) is 12.1 Å². The molecule has 0 unspecified atom stereocenters. The molecule has 1 heterocycles. The molecule has 0 N–H and O–H groups in total. The first-order chi connectivity index (χ1) is 5.97. The molecule has 0 aliphatic rings. The summed E-state index contributed by atoms with van der Waals surface area (Å²) < 4.78 is 0. The Morgan fingerprint density at radius 3 is 2.08 bits per heavy atom. The predicted octanol–water partition coefficient (Wildman–Crippen LogP) is 2.75. The smallest absolute Gasteiger partial charge is 0.0701 e. The molecule has 61 valence electrons. The Labute approximate surface area is 103 Å². The summed E-state index contributed by atoms with van der Waals surface area (Å²) in [7, 11) is 0. The first-order valence-electron chi connectivity index (χ1n) is 3.93. The first-order valence-corrected chi connectivity index (χ1v) is 3.93. The maximum Gasteiger partial charge on any atom is 0.0701 e. The quantitative estimate of drug-likeness (QED) is 0.751. The summed E-state index contributed by atoms with van der Waals surface area (Å²) in [5.74, 6) is 0. The summed E-state index contributed by atoms with van der Waals surface area (Å²) in [6, 6.07) is 16.1. The third-order valence-corrected chi connectivity index (χ3v) is 1.73. The maximum atomic E-state index is 4.25. The Kier molecular flexibility index (Phi) is 4.27. The van der Waals surface area contributed by atoms with Gasteiger partial charge in [0.05, 0.1) is 5.69 Å². The number of hydrogen-bond donors (Lipinski definition) is 0. The van der Waals surface area contributed by atoms with Crippen LogP contribution in [-0.2, 0) is 32.7 Å². The fourth-order valence-corrected chi connectivity index (χ4v) is 1.14. The van der Waals surface area contributed by atoms with Gasteiger partial charge in [0.1, 0.15) is 0 Å². The van der Waals surface area contributed by atoms with Crippen molar-refractivity contribution in [2.75, 3.05) is 0 Å². The van der Waals surface area contributed by atoms with Gasteiger partial charge in [-0.3, -0.25) is 4.98 Å². The van der Waals surface area contributed by atoms with Gasteiger partial charge in [0, 0.05) is 44.5 Å². The molecule has 0 atom stereocenters. The van der Waals surface area contributed by atoms with Crippen LogP contribution in [0.15, 0.2) is 54.7 Å². The third kappa shape index (κ3) is 2.72. The van der Waals surface area contributed by atoms with Crippen molar-refractivity contribution in [3.8, 4) is 11.3 Å². The second-order valence-corrected chi connectivity index (χ2v) is 2.58. The maximum absolute atomic E-state index is 4.25. The largest absolute Gasteiger partial charge is 0.256 e. The molecular formula is C11H9NY. The van der Waals surface area contributed by atoms with Crippen molar-refractivity contribution < 1.29 is 32.7 Å². The molecule has 0 fully saturated rings. The van der Waals surface area contributed by atoms with Gasteiger partial charge >= 0.3 is 0 Å². The van der Waals surface area contributed by atoms with Crippen molar-refractivity contribution in [2.45, 2.75) is 0 Å². The summed E-state index contributed by atoms with van der Waals surface area (Å²) in [6.45, 7) is 0. The van der Waals surface area contributed by atoms with E-state index in [1.165, 1.54) is 0 Å². The Morgan fingerprint density at radius 2 is 1.46 bits per heavy atom. The van der Waals surface area contributed by atoms with Gasteiger partial charge in [0.15, 0.2) is 0 Å². The molecule has 0 saturated carbocycles. The normalized spacial score (nSPS) is 8.92. The van der Waals surface area contributed by atoms with Crippen LogP contribution in [0.5, 0.6) is 0 Å². The van der Waals surface area contributed by atoms with E-state index < -0.39 is 0 Å². The zero-order valence-electron chi connectivity index (χ0n) is 7.22. The van der Waals surface area contributed by atoms with Gasteiger partial charge in [-0.25, -0.2) is 0 Å². The van der Waals surface area contributed by atoms with Crippen molar-refractivity contribution in [2.24, 2.45) is 0 Å². The molecule has 13 heavy (non-hydrogen) atoms. The monoisotopic (exact) mass is 244 g/mol. The van der Waals surface area contributed by atoms with Crippen LogP contribution in [-0.4, -0.2) is 4.98 Å². The van der Waals surface area contributed by atoms with Gasteiger partial charge in [-0.2, -0.15) is 0 Å². The van der Waals surface area contributed by atoms with Crippen molar-refractivity contribution in [1.29, 1.82) is 0 Å². The van der Waals surface area contributed by atoms with E-state index in [0.717, 1.165) is 11.3 Å². The molecule has 0 saturated heterocycles. The average Bonchev–Trinajstić information content (AvgIpc) is 2.21. The summed E-state index contributed by atoms with van der Waals surface area (Å²) >= 11 is 0. The van der Waals surface area contributed by atoms with Crippen LogP contribution in [0.1, 0.15) is 0 Å². The predicted molar refractivity (Wildman–Crippen MR) is 49.7 cm³/mol. The van der Waals surface area contributed by atoms with E-state index in [4.69, 9.17) is 0 Å². The molecule has 0 aliphatic heterocycles. The summed E-state index contributed by atoms with van der Waals surface area (Å²) in [5, 5.41) is 0. The van der Waals surface area contributed by atoms with Crippen LogP contribution >= 0.6 is 0 Å². The summed E-state index contributed by atoms with van der Waals surface area (Å²) in [5.41, 5.74) is 2.19. The second-order valence-electron chi connectivity index (χ2n) is 2.58. The molecule has 0 bridgehead atoms. The van der Waals surface area contributed by atoms with E-state index in [2.05, 4.69) is 17.1 Å². The minimum atomic E-state index is 0. The Balaban J connectivity index is 0.000000845. The molecule has 1 aromatic heterocycles. The topological polar surface area (TPSA) is 12.9 Å². The van der Waals surface area contributed by atoms with Gasteiger partial charge in [0.2, 0.25) is 0 Å². The van der Waals surface area contributed by atoms with Gasteiger partial charge in [-0.1, -0.05) is 36.4 Å². The average molecular weight is 244 g/mol. The number of rotatable bonds is 1. The molecule has 2 rings (SSSR count). The van der Waals surface area contributed by atoms with Crippen LogP contribution < -0.4 is 0 Å². The van der Waals surface area contributed by atoms with Crippen LogP contribution in [0.25, 0.3) is 11.3 Å². The Morgan fingerprint density at radius 1 is 0.769 bits per heavy atom. The molecule has 2 aromatic rings. The molecule has 1 nitrogen and oxygen atoms in total. The van der Waals surface area contributed by atoms with E-state index in [0.29, 0.717) is 0 Å². The van der Waals surface area contributed by atoms with Crippen molar-refractivity contribution in [1.82, 2.24) is 4.98 Å². The Hall–Kier alpha value is -0.526. The van der Waals surface area contributed by atoms with Crippen molar-refractivity contribution in [3.05, 3.63) is 54.7 Å². The van der Waals surface area contributed by atoms with E-state index in [-0.39, 0.29) is 32.7 Å². The minimum absolute atomic E-state index is 0. The summed E-state index contributed by atoms with van der Waals surface area (Å²) in [6.07, 6.45) is 1.81. The number of benzene rings is 1. The number of hydrogen-bond acceptors (Lipinski definition) is 1. The van der Waals surface area contributed by atoms with E-state index >= 15 is 0 Å². The van der Waals surface area contributed by atoms with Crippen LogP contribution in [0.4, 0.5) is 0 Å². The second kappa shape index (κ2) is 5.26. The SMILES string of the molecule is [Y].c1ccc(-c2ccccn2)cc1. The minimum Gasteiger partial charge on any atom is -0.256 e. The van der Waals surface area contributed by atoms with Crippen molar-refractivity contribution in [3.63, 3.8) is 0 Å².